The van der Waals surface area contributed by atoms with Crippen LogP contribution < -0.4 is 5.73 Å². The Hall–Kier alpha value is -0.970. The third-order valence-corrected chi connectivity index (χ3v) is 2.12. The first-order chi connectivity index (χ1) is 6.37. The Kier molecular flexibility index (Phi) is 2.26. The summed E-state index contributed by atoms with van der Waals surface area (Å²) in [5.74, 6) is -0.756. The maximum Gasteiger partial charge on any atom is 0.209 e. The maximum absolute atomic E-state index is 5.62. The van der Waals surface area contributed by atoms with E-state index in [9.17, 15) is 0 Å². The molecule has 2 N–H and O–H groups in total. The van der Waals surface area contributed by atoms with Gasteiger partial charge in [0.1, 0.15) is 0 Å². The molecule has 0 bridgehead atoms. The van der Waals surface area contributed by atoms with Crippen molar-refractivity contribution in [2.24, 2.45) is 5.73 Å². The van der Waals surface area contributed by atoms with E-state index in [1.165, 1.54) is 0 Å². The van der Waals surface area contributed by atoms with Gasteiger partial charge in [0.15, 0.2) is 0 Å². The van der Waals surface area contributed by atoms with Crippen molar-refractivity contribution in [1.29, 1.82) is 0 Å². The van der Waals surface area contributed by atoms with E-state index in [0.717, 1.165) is 5.56 Å². The van der Waals surface area contributed by atoms with Gasteiger partial charge in [0, 0.05) is 18.0 Å². The molecule has 1 saturated heterocycles. The minimum atomic E-state index is -0.756. The molecule has 1 aromatic rings. The van der Waals surface area contributed by atoms with Gasteiger partial charge in [-0.15, -0.1) is 0 Å². The average molecular weight is 180 g/mol. The highest BCUT2D eigenvalue weighted by Crippen LogP contribution is 2.29. The first kappa shape index (κ1) is 8.62. The monoisotopic (exact) mass is 180 g/mol. The van der Waals surface area contributed by atoms with Gasteiger partial charge in [-0.2, -0.15) is 0 Å². The van der Waals surface area contributed by atoms with Gasteiger partial charge >= 0.3 is 0 Å². The molecular formula is C9H12N2O2. The molecule has 13 heavy (non-hydrogen) atoms. The van der Waals surface area contributed by atoms with E-state index in [0.29, 0.717) is 19.8 Å². The van der Waals surface area contributed by atoms with Crippen LogP contribution in [-0.2, 0) is 15.3 Å². The van der Waals surface area contributed by atoms with Crippen LogP contribution >= 0.6 is 0 Å². The van der Waals surface area contributed by atoms with E-state index < -0.39 is 5.79 Å². The number of ether oxygens (including phenoxy) is 2. The number of rotatable bonds is 2. The molecule has 2 rings (SSSR count). The van der Waals surface area contributed by atoms with Crippen molar-refractivity contribution in [1.82, 2.24) is 4.98 Å². The van der Waals surface area contributed by atoms with Gasteiger partial charge in [0.2, 0.25) is 5.79 Å². The van der Waals surface area contributed by atoms with Crippen LogP contribution in [0, 0.1) is 0 Å². The van der Waals surface area contributed by atoms with Gasteiger partial charge in [-0.05, 0) is 6.07 Å². The van der Waals surface area contributed by atoms with Crippen molar-refractivity contribution < 1.29 is 9.47 Å². The van der Waals surface area contributed by atoms with Crippen molar-refractivity contribution in [3.8, 4) is 0 Å². The summed E-state index contributed by atoms with van der Waals surface area (Å²) >= 11 is 0. The zero-order valence-electron chi connectivity index (χ0n) is 7.27. The molecule has 70 valence electrons. The average Bonchev–Trinajstić information content (AvgIpc) is 2.69. The van der Waals surface area contributed by atoms with E-state index in [1.54, 1.807) is 12.4 Å². The summed E-state index contributed by atoms with van der Waals surface area (Å²) < 4.78 is 11.0. The summed E-state index contributed by atoms with van der Waals surface area (Å²) in [5, 5.41) is 0. The zero-order chi connectivity index (χ0) is 9.15. The third kappa shape index (κ3) is 1.44. The lowest BCUT2D eigenvalue weighted by Gasteiger charge is -2.25. The molecule has 0 radical (unpaired) electrons. The van der Waals surface area contributed by atoms with Crippen molar-refractivity contribution >= 4 is 0 Å². The van der Waals surface area contributed by atoms with Crippen LogP contribution in [0.4, 0.5) is 0 Å². The Labute approximate surface area is 76.7 Å². The minimum absolute atomic E-state index is 0.318. The third-order valence-electron chi connectivity index (χ3n) is 2.12. The van der Waals surface area contributed by atoms with Crippen molar-refractivity contribution in [2.75, 3.05) is 19.8 Å². The molecule has 1 aliphatic rings. The van der Waals surface area contributed by atoms with Crippen LogP contribution in [0.15, 0.2) is 24.5 Å². The summed E-state index contributed by atoms with van der Waals surface area (Å²) in [6.07, 6.45) is 3.43. The predicted octanol–water partition coefficient (Wildman–Crippen LogP) is 0.240. The Morgan fingerprint density at radius 2 is 2.23 bits per heavy atom. The van der Waals surface area contributed by atoms with E-state index in [1.807, 2.05) is 12.1 Å². The van der Waals surface area contributed by atoms with E-state index in [4.69, 9.17) is 15.2 Å². The fraction of sp³-hybridized carbons (Fsp3) is 0.444. The first-order valence-electron chi connectivity index (χ1n) is 4.26. The Morgan fingerprint density at radius 3 is 2.77 bits per heavy atom. The van der Waals surface area contributed by atoms with Crippen molar-refractivity contribution in [3.05, 3.63) is 30.1 Å². The van der Waals surface area contributed by atoms with Gasteiger partial charge in [-0.1, -0.05) is 6.07 Å². The zero-order valence-corrected chi connectivity index (χ0v) is 7.27. The fourth-order valence-corrected chi connectivity index (χ4v) is 1.45. The van der Waals surface area contributed by atoms with E-state index >= 15 is 0 Å². The summed E-state index contributed by atoms with van der Waals surface area (Å²) in [6.45, 7) is 1.50. The van der Waals surface area contributed by atoms with Crippen molar-refractivity contribution in [3.63, 3.8) is 0 Å². The van der Waals surface area contributed by atoms with Gasteiger partial charge in [0.25, 0.3) is 0 Å². The highest BCUT2D eigenvalue weighted by Gasteiger charge is 2.37. The second-order valence-corrected chi connectivity index (χ2v) is 2.90. The second kappa shape index (κ2) is 3.41. The normalized spacial score (nSPS) is 20.4. The predicted molar refractivity (Wildman–Crippen MR) is 46.9 cm³/mol. The molecule has 2 heterocycles. The maximum atomic E-state index is 5.62. The number of nitrogens with zero attached hydrogens (tertiary/aromatic N) is 1. The fourth-order valence-electron chi connectivity index (χ4n) is 1.45. The lowest BCUT2D eigenvalue weighted by atomic mass is 10.1. The largest absolute Gasteiger partial charge is 0.342 e. The molecule has 0 aliphatic carbocycles. The molecule has 1 fully saturated rings. The standard InChI is InChI=1S/C9H12N2O2/c10-7-9(12-4-5-13-9)8-2-1-3-11-6-8/h1-3,6H,4-5,7,10H2. The minimum Gasteiger partial charge on any atom is -0.342 e. The van der Waals surface area contributed by atoms with Crippen LogP contribution in [0.25, 0.3) is 0 Å². The van der Waals surface area contributed by atoms with Crippen LogP contribution in [0.2, 0.25) is 0 Å². The van der Waals surface area contributed by atoms with Gasteiger partial charge < -0.3 is 15.2 Å². The van der Waals surface area contributed by atoms with Crippen LogP contribution in [-0.4, -0.2) is 24.7 Å². The highest BCUT2D eigenvalue weighted by atomic mass is 16.7. The Balaban J connectivity index is 2.31. The Morgan fingerprint density at radius 1 is 1.46 bits per heavy atom. The molecular weight excluding hydrogens is 168 g/mol. The lowest BCUT2D eigenvalue weighted by molar-refractivity contribution is -0.157. The molecule has 4 nitrogen and oxygen atoms in total. The van der Waals surface area contributed by atoms with Gasteiger partial charge in [-0.3, -0.25) is 4.98 Å². The second-order valence-electron chi connectivity index (χ2n) is 2.90. The summed E-state index contributed by atoms with van der Waals surface area (Å²) in [6, 6.07) is 3.75. The van der Waals surface area contributed by atoms with E-state index in [-0.39, 0.29) is 0 Å². The molecule has 0 atom stereocenters. The number of aromatic nitrogens is 1. The van der Waals surface area contributed by atoms with Crippen LogP contribution in [0.3, 0.4) is 0 Å². The Bertz CT molecular complexity index is 270. The molecule has 1 aliphatic heterocycles. The molecule has 0 aromatic carbocycles. The molecule has 0 unspecified atom stereocenters. The topological polar surface area (TPSA) is 57.4 Å². The summed E-state index contributed by atoms with van der Waals surface area (Å²) in [4.78, 5) is 4.01. The number of pyridine rings is 1. The number of nitrogens with two attached hydrogens (primary N) is 1. The van der Waals surface area contributed by atoms with Crippen LogP contribution in [0.1, 0.15) is 5.56 Å². The van der Waals surface area contributed by atoms with E-state index in [2.05, 4.69) is 4.98 Å². The summed E-state index contributed by atoms with van der Waals surface area (Å²) in [7, 11) is 0. The van der Waals surface area contributed by atoms with Crippen LogP contribution in [0.5, 0.6) is 0 Å². The molecule has 4 heteroatoms. The lowest BCUT2D eigenvalue weighted by Crippen LogP contribution is -2.36. The van der Waals surface area contributed by atoms with Gasteiger partial charge in [0.05, 0.1) is 19.8 Å². The molecule has 1 aromatic heterocycles. The van der Waals surface area contributed by atoms with Gasteiger partial charge in [-0.25, -0.2) is 0 Å². The summed E-state index contributed by atoms with van der Waals surface area (Å²) in [5.41, 5.74) is 6.51. The highest BCUT2D eigenvalue weighted by molar-refractivity contribution is 5.16. The van der Waals surface area contributed by atoms with Crippen molar-refractivity contribution in [2.45, 2.75) is 5.79 Å². The molecule has 0 saturated carbocycles. The quantitative estimate of drug-likeness (QED) is 0.708. The first-order valence-corrected chi connectivity index (χ1v) is 4.26. The molecule has 0 amide bonds. The number of hydrogen-bond donors (Lipinski definition) is 1. The molecule has 0 spiro atoms. The number of hydrogen-bond acceptors (Lipinski definition) is 4. The smallest absolute Gasteiger partial charge is 0.209 e. The SMILES string of the molecule is NCC1(c2cccnc2)OCCO1.